The second kappa shape index (κ2) is 2.60. The van der Waals surface area contributed by atoms with Crippen molar-refractivity contribution in [1.29, 1.82) is 0 Å². The molecule has 3 nitrogen and oxygen atoms in total. The van der Waals surface area contributed by atoms with Gasteiger partial charge in [-0.1, -0.05) is 0 Å². The van der Waals surface area contributed by atoms with Crippen molar-refractivity contribution in [2.75, 3.05) is 0 Å². The third kappa shape index (κ3) is 1.02. The predicted octanol–water partition coefficient (Wildman–Crippen LogP) is 0.743. The number of H-pyrrole nitrogens is 1. The van der Waals surface area contributed by atoms with E-state index in [4.69, 9.17) is 0 Å². The number of hydrogen-bond donors (Lipinski definition) is 2. The zero-order valence-corrected chi connectivity index (χ0v) is 6.59. The Morgan fingerprint density at radius 1 is 1.40 bits per heavy atom. The van der Waals surface area contributed by atoms with Gasteiger partial charge in [0.15, 0.2) is 0 Å². The summed E-state index contributed by atoms with van der Waals surface area (Å²) in [5.41, 5.74) is 2.44. The second-order valence-corrected chi connectivity index (χ2v) is 2.35. The molecule has 1 aromatic rings. The highest BCUT2D eigenvalue weighted by atomic mass is 35.5. The summed E-state index contributed by atoms with van der Waals surface area (Å²) in [5, 5.41) is 3.20. The number of rotatable bonds is 0. The van der Waals surface area contributed by atoms with Crippen molar-refractivity contribution in [3.8, 4) is 0 Å². The van der Waals surface area contributed by atoms with Crippen LogP contribution in [0.1, 0.15) is 17.2 Å². The van der Waals surface area contributed by atoms with E-state index in [1.807, 2.05) is 6.92 Å². The molecule has 0 radical (unpaired) electrons. The van der Waals surface area contributed by atoms with Gasteiger partial charge in [-0.15, -0.1) is 12.4 Å². The highest BCUT2D eigenvalue weighted by Crippen LogP contribution is 2.10. The normalized spacial score (nSPS) is 14.5. The first-order valence-electron chi connectivity index (χ1n) is 3.11. The van der Waals surface area contributed by atoms with Gasteiger partial charge in [-0.25, -0.2) is 4.98 Å². The van der Waals surface area contributed by atoms with E-state index in [-0.39, 0.29) is 12.4 Å². The molecule has 1 aromatic heterocycles. The quantitative estimate of drug-likeness (QED) is 0.587. The minimum atomic E-state index is 0. The zero-order chi connectivity index (χ0) is 6.27. The Morgan fingerprint density at radius 2 is 2.20 bits per heavy atom. The van der Waals surface area contributed by atoms with Gasteiger partial charge in [0.25, 0.3) is 0 Å². The van der Waals surface area contributed by atoms with Gasteiger partial charge in [-0.05, 0) is 6.92 Å². The molecule has 10 heavy (non-hydrogen) atoms. The van der Waals surface area contributed by atoms with Gasteiger partial charge in [-0.3, -0.25) is 0 Å². The van der Waals surface area contributed by atoms with Crippen molar-refractivity contribution in [3.63, 3.8) is 0 Å². The molecule has 1 aliphatic rings. The van der Waals surface area contributed by atoms with Crippen LogP contribution in [0.4, 0.5) is 0 Å². The molecule has 0 aromatic carbocycles. The highest BCUT2D eigenvalue weighted by molar-refractivity contribution is 5.85. The molecule has 0 aliphatic carbocycles. The van der Waals surface area contributed by atoms with Gasteiger partial charge in [-0.2, -0.15) is 0 Å². The number of nitrogens with one attached hydrogen (secondary N) is 2. The summed E-state index contributed by atoms with van der Waals surface area (Å²) in [5.74, 6) is 1.03. The van der Waals surface area contributed by atoms with E-state index < -0.39 is 0 Å². The molecule has 2 N–H and O–H groups in total. The molecule has 0 spiro atoms. The summed E-state index contributed by atoms with van der Waals surface area (Å²) in [7, 11) is 0. The fourth-order valence-electron chi connectivity index (χ4n) is 1.19. The van der Waals surface area contributed by atoms with Crippen LogP contribution in [0, 0.1) is 6.92 Å². The number of fused-ring (bicyclic) bond motifs is 1. The first-order chi connectivity index (χ1) is 4.36. The predicted molar refractivity (Wildman–Crippen MR) is 41.1 cm³/mol. The van der Waals surface area contributed by atoms with Crippen LogP contribution in [0.25, 0.3) is 0 Å². The fourth-order valence-corrected chi connectivity index (χ4v) is 1.19. The van der Waals surface area contributed by atoms with Crippen LogP contribution in [-0.2, 0) is 13.1 Å². The third-order valence-corrected chi connectivity index (χ3v) is 1.58. The van der Waals surface area contributed by atoms with Crippen LogP contribution in [0.15, 0.2) is 0 Å². The SMILES string of the molecule is Cc1nc2c([nH]1)CNC2.Cl. The van der Waals surface area contributed by atoms with Gasteiger partial charge >= 0.3 is 0 Å². The largest absolute Gasteiger partial charge is 0.345 e. The van der Waals surface area contributed by atoms with Crippen molar-refractivity contribution in [2.45, 2.75) is 20.0 Å². The van der Waals surface area contributed by atoms with Gasteiger partial charge in [0.2, 0.25) is 0 Å². The Bertz CT molecular complexity index is 209. The molecule has 0 amide bonds. The Kier molecular flexibility index (Phi) is 1.97. The summed E-state index contributed by atoms with van der Waals surface area (Å²) in [6.45, 7) is 3.87. The summed E-state index contributed by atoms with van der Waals surface area (Å²) < 4.78 is 0. The molecule has 56 valence electrons. The van der Waals surface area contributed by atoms with Crippen LogP contribution < -0.4 is 5.32 Å². The Labute approximate surface area is 65.7 Å². The van der Waals surface area contributed by atoms with E-state index in [1.54, 1.807) is 0 Å². The lowest BCUT2D eigenvalue weighted by atomic mass is 10.4. The van der Waals surface area contributed by atoms with Crippen molar-refractivity contribution in [1.82, 2.24) is 15.3 Å². The van der Waals surface area contributed by atoms with E-state index in [9.17, 15) is 0 Å². The van der Waals surface area contributed by atoms with E-state index in [0.717, 1.165) is 18.9 Å². The molecule has 0 unspecified atom stereocenters. The number of halogens is 1. The molecule has 0 atom stereocenters. The molecule has 0 bridgehead atoms. The van der Waals surface area contributed by atoms with E-state index in [1.165, 1.54) is 11.4 Å². The number of hydrogen-bond acceptors (Lipinski definition) is 2. The van der Waals surface area contributed by atoms with Gasteiger partial charge in [0, 0.05) is 13.1 Å². The molecular weight excluding hydrogens is 150 g/mol. The smallest absolute Gasteiger partial charge is 0.103 e. The van der Waals surface area contributed by atoms with Crippen molar-refractivity contribution in [2.24, 2.45) is 0 Å². The summed E-state index contributed by atoms with van der Waals surface area (Å²) in [4.78, 5) is 7.46. The molecule has 0 saturated carbocycles. The number of imidazole rings is 1. The molecule has 1 aliphatic heterocycles. The maximum absolute atomic E-state index is 4.27. The second-order valence-electron chi connectivity index (χ2n) is 2.35. The Hall–Kier alpha value is -0.540. The van der Waals surface area contributed by atoms with E-state index in [2.05, 4.69) is 15.3 Å². The first-order valence-corrected chi connectivity index (χ1v) is 3.11. The van der Waals surface area contributed by atoms with Gasteiger partial charge in [0.1, 0.15) is 5.82 Å². The van der Waals surface area contributed by atoms with Gasteiger partial charge in [0.05, 0.1) is 11.4 Å². The summed E-state index contributed by atoms with van der Waals surface area (Å²) in [6, 6.07) is 0. The highest BCUT2D eigenvalue weighted by Gasteiger charge is 2.12. The number of nitrogens with zero attached hydrogens (tertiary/aromatic N) is 1. The van der Waals surface area contributed by atoms with Crippen LogP contribution in [0.3, 0.4) is 0 Å². The van der Waals surface area contributed by atoms with Crippen LogP contribution in [-0.4, -0.2) is 9.97 Å². The van der Waals surface area contributed by atoms with Crippen molar-refractivity contribution < 1.29 is 0 Å². The average molecular weight is 160 g/mol. The van der Waals surface area contributed by atoms with Gasteiger partial charge < -0.3 is 10.3 Å². The molecule has 0 saturated heterocycles. The number of aromatic nitrogens is 2. The molecule has 0 fully saturated rings. The van der Waals surface area contributed by atoms with Crippen LogP contribution >= 0.6 is 12.4 Å². The lowest BCUT2D eigenvalue weighted by Gasteiger charge is -1.86. The van der Waals surface area contributed by atoms with Crippen molar-refractivity contribution >= 4 is 12.4 Å². The standard InChI is InChI=1S/C6H9N3.ClH/c1-4-8-5-2-7-3-6(5)9-4;/h7H,2-3H2,1H3,(H,8,9);1H. The maximum atomic E-state index is 4.27. The van der Waals surface area contributed by atoms with Crippen LogP contribution in [0.2, 0.25) is 0 Å². The van der Waals surface area contributed by atoms with E-state index >= 15 is 0 Å². The fraction of sp³-hybridized carbons (Fsp3) is 0.500. The monoisotopic (exact) mass is 159 g/mol. The number of aryl methyl sites for hydroxylation is 1. The van der Waals surface area contributed by atoms with Crippen molar-refractivity contribution in [3.05, 3.63) is 17.2 Å². The summed E-state index contributed by atoms with van der Waals surface area (Å²) >= 11 is 0. The molecule has 2 rings (SSSR count). The zero-order valence-electron chi connectivity index (χ0n) is 5.77. The first kappa shape index (κ1) is 7.57. The lowest BCUT2D eigenvalue weighted by Crippen LogP contribution is -2.02. The maximum Gasteiger partial charge on any atom is 0.103 e. The van der Waals surface area contributed by atoms with Crippen LogP contribution in [0.5, 0.6) is 0 Å². The van der Waals surface area contributed by atoms with E-state index in [0.29, 0.717) is 0 Å². The summed E-state index contributed by atoms with van der Waals surface area (Å²) in [6.07, 6.45) is 0. The minimum absolute atomic E-state index is 0. The third-order valence-electron chi connectivity index (χ3n) is 1.58. The Balaban J connectivity index is 0.000000500. The Morgan fingerprint density at radius 3 is 2.90 bits per heavy atom. The lowest BCUT2D eigenvalue weighted by molar-refractivity contribution is 0.739. The molecule has 2 heterocycles. The number of aromatic amines is 1. The average Bonchev–Trinajstić information content (AvgIpc) is 2.22. The molecule has 4 heteroatoms. The topological polar surface area (TPSA) is 40.7 Å². The molecular formula is C6H10ClN3. The minimum Gasteiger partial charge on any atom is -0.345 e.